The van der Waals surface area contributed by atoms with E-state index in [1.807, 2.05) is 12.1 Å². The molecule has 1 saturated heterocycles. The number of benzene rings is 2. The van der Waals surface area contributed by atoms with Crippen molar-refractivity contribution in [1.29, 1.82) is 0 Å². The number of hydrogen-bond donors (Lipinski definition) is 1. The summed E-state index contributed by atoms with van der Waals surface area (Å²) in [4.78, 5) is 27.1. The number of fused-ring (bicyclic) bond motifs is 1. The van der Waals surface area contributed by atoms with E-state index < -0.39 is 5.25 Å². The second-order valence-electron chi connectivity index (χ2n) is 5.48. The quantitative estimate of drug-likeness (QED) is 0.681. The van der Waals surface area contributed by atoms with Gasteiger partial charge in [-0.15, -0.1) is 11.8 Å². The summed E-state index contributed by atoms with van der Waals surface area (Å²) < 4.78 is 10.6. The van der Waals surface area contributed by atoms with E-state index in [0.29, 0.717) is 22.9 Å². The summed E-state index contributed by atoms with van der Waals surface area (Å²) in [5, 5.41) is -0.438. The highest BCUT2D eigenvalue weighted by molar-refractivity contribution is 8.00. The minimum absolute atomic E-state index is 0.149. The number of ether oxygens (including phenoxy) is 2. The standard InChI is InChI=1S/C17H14N2O4S/c18-10-1-4-12(5-2-10)24-15-8-16(20)19(17(15)21)11-3-6-13-14(7-11)23-9-22-13/h1-7,15H,8-9,18H2. The molecule has 0 saturated carbocycles. The Morgan fingerprint density at radius 2 is 1.79 bits per heavy atom. The Balaban J connectivity index is 1.56. The van der Waals surface area contributed by atoms with Gasteiger partial charge in [0.15, 0.2) is 11.5 Å². The number of anilines is 2. The number of hydrogen-bond acceptors (Lipinski definition) is 6. The van der Waals surface area contributed by atoms with E-state index in [4.69, 9.17) is 15.2 Å². The number of carbonyl (C=O) groups excluding carboxylic acids is 2. The maximum absolute atomic E-state index is 12.7. The van der Waals surface area contributed by atoms with Gasteiger partial charge < -0.3 is 15.2 Å². The number of thioether (sulfide) groups is 1. The predicted molar refractivity (Wildman–Crippen MR) is 90.2 cm³/mol. The van der Waals surface area contributed by atoms with E-state index in [2.05, 4.69) is 0 Å². The van der Waals surface area contributed by atoms with Gasteiger partial charge in [-0.2, -0.15) is 0 Å². The summed E-state index contributed by atoms with van der Waals surface area (Å²) in [6.45, 7) is 0.149. The summed E-state index contributed by atoms with van der Waals surface area (Å²) in [5.41, 5.74) is 6.84. The van der Waals surface area contributed by atoms with Crippen molar-refractivity contribution in [3.63, 3.8) is 0 Å². The highest BCUT2D eigenvalue weighted by atomic mass is 32.2. The van der Waals surface area contributed by atoms with Gasteiger partial charge in [0.1, 0.15) is 0 Å². The third kappa shape index (κ3) is 2.56. The molecule has 0 aromatic heterocycles. The van der Waals surface area contributed by atoms with Crippen LogP contribution in [0.25, 0.3) is 0 Å². The lowest BCUT2D eigenvalue weighted by Crippen LogP contribution is -2.31. The number of carbonyl (C=O) groups is 2. The van der Waals surface area contributed by atoms with Crippen LogP contribution < -0.4 is 20.1 Å². The number of amides is 2. The Morgan fingerprint density at radius 3 is 2.58 bits per heavy atom. The molecule has 1 unspecified atom stereocenters. The Morgan fingerprint density at radius 1 is 1.04 bits per heavy atom. The summed E-state index contributed by atoms with van der Waals surface area (Å²) in [5.74, 6) is 0.723. The van der Waals surface area contributed by atoms with Crippen molar-refractivity contribution in [2.45, 2.75) is 16.6 Å². The molecule has 2 amide bonds. The molecule has 2 aromatic rings. The van der Waals surface area contributed by atoms with Gasteiger partial charge in [0.25, 0.3) is 0 Å². The molecule has 2 heterocycles. The Hall–Kier alpha value is -2.67. The van der Waals surface area contributed by atoms with Gasteiger partial charge in [-0.1, -0.05) is 0 Å². The number of rotatable bonds is 3. The summed E-state index contributed by atoms with van der Waals surface area (Å²) in [7, 11) is 0. The molecule has 0 aliphatic carbocycles. The third-order valence-electron chi connectivity index (χ3n) is 3.88. The van der Waals surface area contributed by atoms with E-state index in [-0.39, 0.29) is 25.0 Å². The van der Waals surface area contributed by atoms with Crippen molar-refractivity contribution < 1.29 is 19.1 Å². The number of nitrogens with two attached hydrogens (primary N) is 1. The first kappa shape index (κ1) is 14.9. The van der Waals surface area contributed by atoms with Gasteiger partial charge in [-0.3, -0.25) is 9.59 Å². The molecule has 2 aliphatic rings. The zero-order chi connectivity index (χ0) is 16.7. The van der Waals surface area contributed by atoms with Gasteiger partial charge in [0.05, 0.1) is 10.9 Å². The molecule has 2 aromatic carbocycles. The molecule has 6 nitrogen and oxygen atoms in total. The van der Waals surface area contributed by atoms with Crippen LogP contribution in [0.2, 0.25) is 0 Å². The van der Waals surface area contributed by atoms with Gasteiger partial charge in [0, 0.05) is 23.1 Å². The van der Waals surface area contributed by atoms with Gasteiger partial charge in [-0.25, -0.2) is 4.90 Å². The average molecular weight is 342 g/mol. The van der Waals surface area contributed by atoms with Crippen LogP contribution in [0.1, 0.15) is 6.42 Å². The molecule has 0 bridgehead atoms. The molecule has 122 valence electrons. The maximum atomic E-state index is 12.7. The van der Waals surface area contributed by atoms with E-state index in [1.54, 1.807) is 30.3 Å². The second-order valence-corrected chi connectivity index (χ2v) is 6.76. The average Bonchev–Trinajstić information content (AvgIpc) is 3.14. The monoisotopic (exact) mass is 342 g/mol. The topological polar surface area (TPSA) is 81.9 Å². The summed E-state index contributed by atoms with van der Waals surface area (Å²) in [6, 6.07) is 12.3. The minimum atomic E-state index is -0.438. The fraction of sp³-hybridized carbons (Fsp3) is 0.176. The zero-order valence-corrected chi connectivity index (χ0v) is 13.4. The lowest BCUT2D eigenvalue weighted by molar-refractivity contribution is -0.121. The van der Waals surface area contributed by atoms with Crippen molar-refractivity contribution in [2.75, 3.05) is 17.4 Å². The van der Waals surface area contributed by atoms with Gasteiger partial charge in [0.2, 0.25) is 18.6 Å². The molecule has 4 rings (SSSR count). The van der Waals surface area contributed by atoms with E-state index in [9.17, 15) is 9.59 Å². The third-order valence-corrected chi connectivity index (χ3v) is 5.08. The summed E-state index contributed by atoms with van der Waals surface area (Å²) in [6.07, 6.45) is 0.169. The maximum Gasteiger partial charge on any atom is 0.247 e. The smallest absolute Gasteiger partial charge is 0.247 e. The van der Waals surface area contributed by atoms with Gasteiger partial charge >= 0.3 is 0 Å². The van der Waals surface area contributed by atoms with E-state index >= 15 is 0 Å². The van der Waals surface area contributed by atoms with Crippen LogP contribution in [0.3, 0.4) is 0 Å². The molecule has 2 N–H and O–H groups in total. The van der Waals surface area contributed by atoms with Crippen LogP contribution >= 0.6 is 11.8 Å². The number of nitrogen functional groups attached to an aromatic ring is 1. The van der Waals surface area contributed by atoms with Crippen molar-refractivity contribution in [3.8, 4) is 11.5 Å². The molecule has 24 heavy (non-hydrogen) atoms. The minimum Gasteiger partial charge on any atom is -0.454 e. The number of nitrogens with zero attached hydrogens (tertiary/aromatic N) is 1. The number of imide groups is 1. The van der Waals surface area contributed by atoms with Crippen LogP contribution in [0.4, 0.5) is 11.4 Å². The van der Waals surface area contributed by atoms with Crippen LogP contribution in [0.15, 0.2) is 47.4 Å². The van der Waals surface area contributed by atoms with Crippen molar-refractivity contribution in [3.05, 3.63) is 42.5 Å². The SMILES string of the molecule is Nc1ccc(SC2CC(=O)N(c3ccc4c(c3)OCO4)C2=O)cc1. The van der Waals surface area contributed by atoms with Crippen molar-refractivity contribution in [1.82, 2.24) is 0 Å². The highest BCUT2D eigenvalue weighted by Crippen LogP contribution is 2.39. The molecule has 1 fully saturated rings. The lowest BCUT2D eigenvalue weighted by Gasteiger charge is -2.15. The van der Waals surface area contributed by atoms with Crippen molar-refractivity contribution in [2.24, 2.45) is 0 Å². The molecule has 0 spiro atoms. The highest BCUT2D eigenvalue weighted by Gasteiger charge is 2.40. The first-order chi connectivity index (χ1) is 11.6. The second kappa shape index (κ2) is 5.76. The van der Waals surface area contributed by atoms with Crippen molar-refractivity contribution >= 4 is 35.0 Å². The molecular formula is C17H14N2O4S. The van der Waals surface area contributed by atoms with Gasteiger partial charge in [-0.05, 0) is 36.4 Å². The van der Waals surface area contributed by atoms with Crippen LogP contribution in [0.5, 0.6) is 11.5 Å². The Labute approximate surface area is 142 Å². The molecule has 0 radical (unpaired) electrons. The Kier molecular flexibility index (Phi) is 3.57. The Bertz CT molecular complexity index is 822. The first-order valence-electron chi connectivity index (χ1n) is 7.40. The zero-order valence-electron chi connectivity index (χ0n) is 12.6. The molecular weight excluding hydrogens is 328 g/mol. The van der Waals surface area contributed by atoms with Crippen LogP contribution in [0, 0.1) is 0 Å². The lowest BCUT2D eigenvalue weighted by atomic mass is 10.2. The largest absolute Gasteiger partial charge is 0.454 e. The summed E-state index contributed by atoms with van der Waals surface area (Å²) >= 11 is 1.37. The van der Waals surface area contributed by atoms with E-state index in [1.165, 1.54) is 16.7 Å². The van der Waals surface area contributed by atoms with Crippen LogP contribution in [-0.4, -0.2) is 23.9 Å². The predicted octanol–water partition coefficient (Wildman–Crippen LogP) is 2.42. The first-order valence-corrected chi connectivity index (χ1v) is 8.28. The molecule has 2 aliphatic heterocycles. The normalized spacial score (nSPS) is 19.2. The molecule has 7 heteroatoms. The fourth-order valence-electron chi connectivity index (χ4n) is 2.70. The fourth-order valence-corrected chi connectivity index (χ4v) is 3.76. The van der Waals surface area contributed by atoms with E-state index in [0.717, 1.165) is 4.90 Å². The van der Waals surface area contributed by atoms with Crippen LogP contribution in [-0.2, 0) is 9.59 Å². The molecule has 1 atom stereocenters.